The summed E-state index contributed by atoms with van der Waals surface area (Å²) >= 11 is 9.51. The van der Waals surface area contributed by atoms with Gasteiger partial charge in [0.1, 0.15) is 0 Å². The Morgan fingerprint density at radius 2 is 2.00 bits per heavy atom. The van der Waals surface area contributed by atoms with Gasteiger partial charge in [0.05, 0.1) is 29.2 Å². The molecular formula is C22H20ClN3OS2. The Morgan fingerprint density at radius 1 is 1.24 bits per heavy atom. The largest absolute Gasteiger partial charge is 0.344 e. The highest BCUT2D eigenvalue weighted by Crippen LogP contribution is 2.43. The molecule has 148 valence electrons. The van der Waals surface area contributed by atoms with Gasteiger partial charge in [0.25, 0.3) is 0 Å². The number of benzene rings is 2. The molecule has 0 N–H and O–H groups in total. The summed E-state index contributed by atoms with van der Waals surface area (Å²) in [4.78, 5) is 18.0. The third kappa shape index (κ3) is 3.87. The van der Waals surface area contributed by atoms with Crippen molar-refractivity contribution in [2.45, 2.75) is 24.2 Å². The SMILES string of the molecule is CSc1ccc([C@@H]2CC(=O)N3CN(c4ccc(C)c(Cl)c4)CSC3=C2C#N)cc1. The zero-order chi connectivity index (χ0) is 20.5. The zero-order valence-corrected chi connectivity index (χ0v) is 18.6. The Kier molecular flexibility index (Phi) is 5.82. The zero-order valence-electron chi connectivity index (χ0n) is 16.2. The fraction of sp³-hybridized carbons (Fsp3) is 0.273. The minimum Gasteiger partial charge on any atom is -0.344 e. The van der Waals surface area contributed by atoms with Gasteiger partial charge in [0.2, 0.25) is 5.91 Å². The number of carbonyl (C=O) groups excluding carboxylic acids is 1. The van der Waals surface area contributed by atoms with Gasteiger partial charge in [-0.2, -0.15) is 5.26 Å². The van der Waals surface area contributed by atoms with E-state index < -0.39 is 0 Å². The van der Waals surface area contributed by atoms with E-state index in [2.05, 4.69) is 11.0 Å². The van der Waals surface area contributed by atoms with Crippen LogP contribution < -0.4 is 4.90 Å². The van der Waals surface area contributed by atoms with Gasteiger partial charge in [-0.05, 0) is 48.6 Å². The number of fused-ring (bicyclic) bond motifs is 1. The van der Waals surface area contributed by atoms with E-state index in [4.69, 9.17) is 11.6 Å². The van der Waals surface area contributed by atoms with E-state index in [0.717, 1.165) is 21.8 Å². The average Bonchev–Trinajstić information content (AvgIpc) is 2.75. The third-order valence-electron chi connectivity index (χ3n) is 5.33. The molecule has 0 aromatic heterocycles. The van der Waals surface area contributed by atoms with Crippen molar-refractivity contribution in [3.05, 3.63) is 69.2 Å². The number of halogens is 1. The number of thioether (sulfide) groups is 2. The van der Waals surface area contributed by atoms with Crippen molar-refractivity contribution in [1.29, 1.82) is 5.26 Å². The summed E-state index contributed by atoms with van der Waals surface area (Å²) in [7, 11) is 0. The second kappa shape index (κ2) is 8.35. The maximum atomic E-state index is 13.0. The lowest BCUT2D eigenvalue weighted by Crippen LogP contribution is -2.47. The van der Waals surface area contributed by atoms with Gasteiger partial charge in [0.15, 0.2) is 0 Å². The molecule has 1 atom stereocenters. The molecule has 2 heterocycles. The van der Waals surface area contributed by atoms with Crippen LogP contribution in [0.5, 0.6) is 0 Å². The summed E-state index contributed by atoms with van der Waals surface area (Å²) in [6, 6.07) is 16.5. The predicted octanol–water partition coefficient (Wildman–Crippen LogP) is 5.59. The van der Waals surface area contributed by atoms with Crippen molar-refractivity contribution in [1.82, 2.24) is 4.90 Å². The molecule has 2 aliphatic rings. The highest BCUT2D eigenvalue weighted by Gasteiger charge is 2.38. The molecule has 1 fully saturated rings. The molecule has 2 aliphatic heterocycles. The van der Waals surface area contributed by atoms with Crippen LogP contribution in [0.3, 0.4) is 0 Å². The maximum absolute atomic E-state index is 13.0. The summed E-state index contributed by atoms with van der Waals surface area (Å²) in [6.07, 6.45) is 2.35. The van der Waals surface area contributed by atoms with Gasteiger partial charge in [-0.3, -0.25) is 9.69 Å². The number of anilines is 1. The number of carbonyl (C=O) groups is 1. The first-order chi connectivity index (χ1) is 14.0. The standard InChI is InChI=1S/C22H20ClN3OS2/c1-14-3-6-16(9-20(14)23)25-12-26-21(27)10-18(19(11-24)22(26)29-13-25)15-4-7-17(28-2)8-5-15/h3-9,18H,10,12-13H2,1-2H3/t18-/m0/s1. The first-order valence-corrected chi connectivity index (χ1v) is 11.8. The van der Waals surface area contributed by atoms with Crippen LogP contribution in [0.2, 0.25) is 5.02 Å². The van der Waals surface area contributed by atoms with Crippen molar-refractivity contribution in [2.75, 3.05) is 23.7 Å². The average molecular weight is 442 g/mol. The summed E-state index contributed by atoms with van der Waals surface area (Å²) in [5, 5.41) is 11.4. The molecular weight excluding hydrogens is 422 g/mol. The van der Waals surface area contributed by atoms with Gasteiger partial charge in [-0.1, -0.05) is 41.6 Å². The number of rotatable bonds is 3. The summed E-state index contributed by atoms with van der Waals surface area (Å²) in [6.45, 7) is 2.40. The van der Waals surface area contributed by atoms with Crippen LogP contribution in [0, 0.1) is 18.3 Å². The molecule has 2 aromatic carbocycles. The summed E-state index contributed by atoms with van der Waals surface area (Å²) in [5.74, 6) is 0.540. The topological polar surface area (TPSA) is 47.3 Å². The lowest BCUT2D eigenvalue weighted by Gasteiger charge is -2.42. The van der Waals surface area contributed by atoms with Crippen LogP contribution in [0.25, 0.3) is 0 Å². The molecule has 0 spiro atoms. The Morgan fingerprint density at radius 3 is 2.66 bits per heavy atom. The highest BCUT2D eigenvalue weighted by atomic mass is 35.5. The van der Waals surface area contributed by atoms with Crippen LogP contribution in [0.1, 0.15) is 23.5 Å². The summed E-state index contributed by atoms with van der Waals surface area (Å²) in [5.41, 5.74) is 3.71. The fourth-order valence-electron chi connectivity index (χ4n) is 3.63. The molecule has 29 heavy (non-hydrogen) atoms. The minimum atomic E-state index is -0.178. The van der Waals surface area contributed by atoms with Crippen LogP contribution in [-0.2, 0) is 4.79 Å². The monoisotopic (exact) mass is 441 g/mol. The van der Waals surface area contributed by atoms with E-state index in [0.29, 0.717) is 29.6 Å². The molecule has 2 aromatic rings. The number of allylic oxidation sites excluding steroid dienone is 1. The van der Waals surface area contributed by atoms with Gasteiger partial charge < -0.3 is 4.90 Å². The van der Waals surface area contributed by atoms with E-state index in [1.807, 2.05) is 55.6 Å². The minimum absolute atomic E-state index is 0.0494. The number of hydrogen-bond acceptors (Lipinski definition) is 5. The van der Waals surface area contributed by atoms with Crippen LogP contribution in [0.4, 0.5) is 5.69 Å². The Bertz CT molecular complexity index is 1030. The number of aryl methyl sites for hydroxylation is 1. The van der Waals surface area contributed by atoms with E-state index in [-0.39, 0.29) is 11.8 Å². The second-order valence-corrected chi connectivity index (χ2v) is 9.29. The van der Waals surface area contributed by atoms with Crippen LogP contribution >= 0.6 is 35.1 Å². The molecule has 1 saturated heterocycles. The van der Waals surface area contributed by atoms with Gasteiger partial charge in [-0.25, -0.2) is 0 Å². The quantitative estimate of drug-likeness (QED) is 0.581. The Hall–Kier alpha value is -2.07. The van der Waals surface area contributed by atoms with E-state index >= 15 is 0 Å². The third-order valence-corrected chi connectivity index (χ3v) is 7.64. The number of amides is 1. The van der Waals surface area contributed by atoms with Crippen molar-refractivity contribution in [2.24, 2.45) is 0 Å². The first kappa shape index (κ1) is 20.2. The van der Waals surface area contributed by atoms with Crippen molar-refractivity contribution >= 4 is 46.7 Å². The molecule has 0 radical (unpaired) electrons. The first-order valence-electron chi connectivity index (χ1n) is 9.24. The molecule has 0 bridgehead atoms. The van der Waals surface area contributed by atoms with E-state index in [1.165, 1.54) is 4.90 Å². The van der Waals surface area contributed by atoms with Crippen LogP contribution in [-0.4, -0.2) is 29.6 Å². The Labute approximate surface area is 184 Å². The van der Waals surface area contributed by atoms with Gasteiger partial charge in [-0.15, -0.1) is 11.8 Å². The fourth-order valence-corrected chi connectivity index (χ4v) is 5.38. The van der Waals surface area contributed by atoms with Gasteiger partial charge >= 0.3 is 0 Å². The van der Waals surface area contributed by atoms with E-state index in [9.17, 15) is 10.1 Å². The molecule has 0 unspecified atom stereocenters. The second-order valence-electron chi connectivity index (χ2n) is 7.07. The molecule has 1 amide bonds. The smallest absolute Gasteiger partial charge is 0.229 e. The predicted molar refractivity (Wildman–Crippen MR) is 121 cm³/mol. The number of nitriles is 1. The number of hydrogen-bond donors (Lipinski definition) is 0. The van der Waals surface area contributed by atoms with Crippen LogP contribution in [0.15, 0.2) is 58.0 Å². The lowest BCUT2D eigenvalue weighted by atomic mass is 9.86. The van der Waals surface area contributed by atoms with Crippen molar-refractivity contribution < 1.29 is 4.79 Å². The lowest BCUT2D eigenvalue weighted by molar-refractivity contribution is -0.129. The van der Waals surface area contributed by atoms with Gasteiger partial charge in [0, 0.05) is 27.9 Å². The van der Waals surface area contributed by atoms with E-state index in [1.54, 1.807) is 28.4 Å². The number of nitrogens with zero attached hydrogens (tertiary/aromatic N) is 3. The van der Waals surface area contributed by atoms with Crippen molar-refractivity contribution in [3.8, 4) is 6.07 Å². The molecule has 4 rings (SSSR count). The Balaban J connectivity index is 1.64. The molecule has 0 saturated carbocycles. The highest BCUT2D eigenvalue weighted by molar-refractivity contribution is 8.03. The van der Waals surface area contributed by atoms with Crippen molar-refractivity contribution in [3.63, 3.8) is 0 Å². The normalized spacial score (nSPS) is 19.2. The molecule has 4 nitrogen and oxygen atoms in total. The maximum Gasteiger partial charge on any atom is 0.229 e. The molecule has 0 aliphatic carbocycles. The summed E-state index contributed by atoms with van der Waals surface area (Å²) < 4.78 is 0. The molecule has 7 heteroatoms.